The van der Waals surface area contributed by atoms with Crippen molar-refractivity contribution in [2.45, 2.75) is 34.0 Å². The molecular weight excluding hydrogens is 370 g/mol. The largest absolute Gasteiger partial charge is 0.492 e. The van der Waals surface area contributed by atoms with Crippen LogP contribution in [0.4, 0.5) is 0 Å². The summed E-state index contributed by atoms with van der Waals surface area (Å²) < 4.78 is 18.3. The second kappa shape index (κ2) is 7.60. The van der Waals surface area contributed by atoms with Crippen molar-refractivity contribution in [1.29, 1.82) is 0 Å². The van der Waals surface area contributed by atoms with E-state index in [0.29, 0.717) is 18.7 Å². The highest BCUT2D eigenvalue weighted by Gasteiger charge is 2.35. The van der Waals surface area contributed by atoms with Crippen LogP contribution in [0.15, 0.2) is 43.9 Å². The highest BCUT2D eigenvalue weighted by atomic mass is 32.2. The Hall–Kier alpha value is -1.54. The van der Waals surface area contributed by atoms with E-state index < -0.39 is 0 Å². The first-order valence-electron chi connectivity index (χ1n) is 8.62. The normalized spacial score (nSPS) is 20.6. The Balaban J connectivity index is 1.54. The van der Waals surface area contributed by atoms with Crippen molar-refractivity contribution >= 4 is 28.8 Å². The third kappa shape index (κ3) is 3.36. The molecule has 5 nitrogen and oxygen atoms in total. The number of oxime groups is 1. The minimum absolute atomic E-state index is 0.223. The molecule has 0 radical (unpaired) electrons. The highest BCUT2D eigenvalue weighted by molar-refractivity contribution is 8.01. The van der Waals surface area contributed by atoms with Crippen LogP contribution in [0, 0.1) is 0 Å². The fourth-order valence-electron chi connectivity index (χ4n) is 3.46. The Morgan fingerprint density at radius 3 is 2.85 bits per heavy atom. The Bertz CT molecular complexity index is 812. The zero-order chi connectivity index (χ0) is 18.0. The van der Waals surface area contributed by atoms with E-state index in [4.69, 9.17) is 19.4 Å². The minimum atomic E-state index is -0.223. The highest BCUT2D eigenvalue weighted by Crippen LogP contribution is 2.42. The maximum absolute atomic E-state index is 9.12. The third-order valence-electron chi connectivity index (χ3n) is 4.99. The predicted octanol–water partition coefficient (Wildman–Crippen LogP) is 4.51. The predicted molar refractivity (Wildman–Crippen MR) is 102 cm³/mol. The molecule has 0 aliphatic carbocycles. The number of methoxy groups -OCH3 is 1. The molecule has 0 spiro atoms. The van der Waals surface area contributed by atoms with E-state index in [1.165, 1.54) is 9.77 Å². The first kappa shape index (κ1) is 17.9. The SMILES string of the molecule is COC1(c2csc(Sc3ccc4c(c3)OCC/C4=N\O)c2)CCOCC1. The standard InChI is InChI=1S/C19H21NO4S2/c1-22-19(5-8-23-9-6-19)13-10-18(25-12-13)26-14-2-3-15-16(20-21)4-7-24-17(15)11-14/h2-3,10-12,21H,4-9H2,1H3/b20-16+. The van der Waals surface area contributed by atoms with Gasteiger partial charge in [0.2, 0.25) is 0 Å². The van der Waals surface area contributed by atoms with Gasteiger partial charge in [-0.15, -0.1) is 11.3 Å². The summed E-state index contributed by atoms with van der Waals surface area (Å²) in [5.41, 5.74) is 2.57. The van der Waals surface area contributed by atoms with Gasteiger partial charge < -0.3 is 19.4 Å². The molecule has 0 saturated carbocycles. The second-order valence-electron chi connectivity index (χ2n) is 6.37. The summed E-state index contributed by atoms with van der Waals surface area (Å²) in [7, 11) is 1.79. The third-order valence-corrected chi connectivity index (χ3v) is 7.06. The molecule has 2 aromatic rings. The topological polar surface area (TPSA) is 60.3 Å². The molecule has 1 saturated heterocycles. The Labute approximate surface area is 161 Å². The molecule has 1 fully saturated rings. The van der Waals surface area contributed by atoms with Crippen LogP contribution in [-0.2, 0) is 15.1 Å². The van der Waals surface area contributed by atoms with Gasteiger partial charge in [0, 0.05) is 50.0 Å². The van der Waals surface area contributed by atoms with Crippen molar-refractivity contribution in [3.63, 3.8) is 0 Å². The van der Waals surface area contributed by atoms with Gasteiger partial charge >= 0.3 is 0 Å². The van der Waals surface area contributed by atoms with Crippen molar-refractivity contribution in [3.05, 3.63) is 40.8 Å². The second-order valence-corrected chi connectivity index (χ2v) is 8.66. The van der Waals surface area contributed by atoms with Crippen molar-refractivity contribution < 1.29 is 19.4 Å². The lowest BCUT2D eigenvalue weighted by atomic mass is 9.88. The van der Waals surface area contributed by atoms with E-state index in [1.807, 2.05) is 18.2 Å². The smallest absolute Gasteiger partial charge is 0.129 e. The number of rotatable bonds is 4. The van der Waals surface area contributed by atoms with Crippen molar-refractivity contribution in [2.75, 3.05) is 26.9 Å². The number of fused-ring (bicyclic) bond motifs is 1. The molecule has 0 unspecified atom stereocenters. The van der Waals surface area contributed by atoms with Crippen molar-refractivity contribution in [2.24, 2.45) is 5.16 Å². The molecule has 1 N–H and O–H groups in total. The van der Waals surface area contributed by atoms with Crippen LogP contribution in [0.5, 0.6) is 5.75 Å². The van der Waals surface area contributed by atoms with Gasteiger partial charge in [0.25, 0.3) is 0 Å². The summed E-state index contributed by atoms with van der Waals surface area (Å²) in [6.45, 7) is 2.02. The molecule has 3 heterocycles. The molecule has 0 bridgehead atoms. The summed E-state index contributed by atoms with van der Waals surface area (Å²) >= 11 is 3.44. The molecule has 0 amide bonds. The van der Waals surface area contributed by atoms with E-state index in [1.54, 1.807) is 30.2 Å². The van der Waals surface area contributed by atoms with E-state index in [9.17, 15) is 0 Å². The summed E-state index contributed by atoms with van der Waals surface area (Å²) in [5.74, 6) is 0.781. The first-order valence-corrected chi connectivity index (χ1v) is 10.3. The average Bonchev–Trinajstić information content (AvgIpc) is 3.17. The molecule has 138 valence electrons. The molecule has 1 aromatic carbocycles. The van der Waals surface area contributed by atoms with E-state index >= 15 is 0 Å². The lowest BCUT2D eigenvalue weighted by molar-refractivity contribution is -0.0946. The summed E-state index contributed by atoms with van der Waals surface area (Å²) in [6, 6.07) is 8.26. The first-order chi connectivity index (χ1) is 12.7. The summed E-state index contributed by atoms with van der Waals surface area (Å²) in [4.78, 5) is 1.11. The van der Waals surface area contributed by atoms with Crippen molar-refractivity contribution in [1.82, 2.24) is 0 Å². The zero-order valence-electron chi connectivity index (χ0n) is 14.6. The number of benzene rings is 1. The molecule has 26 heavy (non-hydrogen) atoms. The van der Waals surface area contributed by atoms with Gasteiger partial charge in [-0.05, 0) is 35.2 Å². The fourth-order valence-corrected chi connectivity index (χ4v) is 5.52. The van der Waals surface area contributed by atoms with Gasteiger partial charge in [-0.25, -0.2) is 0 Å². The van der Waals surface area contributed by atoms with E-state index in [0.717, 1.165) is 42.3 Å². The van der Waals surface area contributed by atoms with E-state index in [2.05, 4.69) is 16.6 Å². The number of nitrogens with zero attached hydrogens (tertiary/aromatic N) is 1. The monoisotopic (exact) mass is 391 g/mol. The zero-order valence-corrected chi connectivity index (χ0v) is 16.2. The van der Waals surface area contributed by atoms with Crippen molar-refractivity contribution in [3.8, 4) is 5.75 Å². The van der Waals surface area contributed by atoms with Crippen LogP contribution in [0.25, 0.3) is 0 Å². The lowest BCUT2D eigenvalue weighted by Crippen LogP contribution is -2.35. The van der Waals surface area contributed by atoms with Crippen LogP contribution in [0.2, 0.25) is 0 Å². The maximum atomic E-state index is 9.12. The molecular formula is C19H21NO4S2. The van der Waals surface area contributed by atoms with Crippen LogP contribution >= 0.6 is 23.1 Å². The van der Waals surface area contributed by atoms with Crippen LogP contribution in [0.3, 0.4) is 0 Å². The van der Waals surface area contributed by atoms with Gasteiger partial charge in [0.1, 0.15) is 5.75 Å². The van der Waals surface area contributed by atoms with Crippen LogP contribution < -0.4 is 4.74 Å². The number of thiophene rings is 1. The molecule has 4 rings (SSSR count). The maximum Gasteiger partial charge on any atom is 0.129 e. The Kier molecular flexibility index (Phi) is 5.22. The Morgan fingerprint density at radius 2 is 2.08 bits per heavy atom. The Morgan fingerprint density at radius 1 is 1.23 bits per heavy atom. The van der Waals surface area contributed by atoms with Crippen LogP contribution in [0.1, 0.15) is 30.4 Å². The molecule has 0 atom stereocenters. The summed E-state index contributed by atoms with van der Waals surface area (Å²) in [5, 5.41) is 14.7. The number of hydrogen-bond acceptors (Lipinski definition) is 7. The van der Waals surface area contributed by atoms with Gasteiger partial charge in [-0.3, -0.25) is 0 Å². The van der Waals surface area contributed by atoms with Gasteiger partial charge in [0.15, 0.2) is 0 Å². The number of hydrogen-bond donors (Lipinski definition) is 1. The number of ether oxygens (including phenoxy) is 3. The van der Waals surface area contributed by atoms with E-state index in [-0.39, 0.29) is 5.60 Å². The van der Waals surface area contributed by atoms with Gasteiger partial charge in [0.05, 0.1) is 22.1 Å². The molecule has 1 aromatic heterocycles. The fraction of sp³-hybridized carbons (Fsp3) is 0.421. The van der Waals surface area contributed by atoms with Gasteiger partial charge in [-0.2, -0.15) is 0 Å². The minimum Gasteiger partial charge on any atom is -0.492 e. The quantitative estimate of drug-likeness (QED) is 0.614. The van der Waals surface area contributed by atoms with Crippen LogP contribution in [-0.4, -0.2) is 37.8 Å². The summed E-state index contributed by atoms with van der Waals surface area (Å²) in [6.07, 6.45) is 2.41. The lowest BCUT2D eigenvalue weighted by Gasteiger charge is -2.35. The molecule has 7 heteroatoms. The molecule has 2 aliphatic heterocycles. The molecule has 2 aliphatic rings. The average molecular weight is 392 g/mol. The van der Waals surface area contributed by atoms with Gasteiger partial charge in [-0.1, -0.05) is 16.9 Å².